The number of carbonyl (C=O) groups is 1. The highest BCUT2D eigenvalue weighted by atomic mass is 16.4. The molecule has 0 spiro atoms. The second kappa shape index (κ2) is 6.39. The van der Waals surface area contributed by atoms with Gasteiger partial charge in [-0.15, -0.1) is 0 Å². The molecule has 0 atom stereocenters. The normalized spacial score (nSPS) is 19.1. The van der Waals surface area contributed by atoms with Crippen LogP contribution in [-0.4, -0.2) is 45.2 Å². The maximum Gasteiger partial charge on any atom is 0.309 e. The van der Waals surface area contributed by atoms with Gasteiger partial charge in [0.2, 0.25) is 0 Å². The van der Waals surface area contributed by atoms with Crippen LogP contribution in [-0.2, 0) is 18.3 Å². The summed E-state index contributed by atoms with van der Waals surface area (Å²) in [6, 6.07) is 0. The van der Waals surface area contributed by atoms with E-state index in [0.29, 0.717) is 0 Å². The Bertz CT molecular complexity index is 448. The Hall–Kier alpha value is -1.36. The fraction of sp³-hybridized carbons (Fsp3) is 0.733. The first-order valence-electron chi connectivity index (χ1n) is 7.49. The third kappa shape index (κ3) is 3.20. The molecule has 1 aromatic rings. The van der Waals surface area contributed by atoms with E-state index < -0.39 is 11.4 Å². The molecule has 0 bridgehead atoms. The van der Waals surface area contributed by atoms with Crippen molar-refractivity contribution in [1.29, 1.82) is 0 Å². The lowest BCUT2D eigenvalue weighted by Crippen LogP contribution is -2.45. The van der Waals surface area contributed by atoms with Gasteiger partial charge in [-0.1, -0.05) is 13.3 Å². The zero-order chi connectivity index (χ0) is 14.6. The van der Waals surface area contributed by atoms with E-state index >= 15 is 0 Å². The van der Waals surface area contributed by atoms with E-state index in [4.69, 9.17) is 0 Å². The second-order valence-electron chi connectivity index (χ2n) is 5.88. The van der Waals surface area contributed by atoms with Gasteiger partial charge in [0.15, 0.2) is 0 Å². The van der Waals surface area contributed by atoms with Crippen LogP contribution in [0.5, 0.6) is 0 Å². The smallest absolute Gasteiger partial charge is 0.309 e. The molecule has 1 aliphatic rings. The van der Waals surface area contributed by atoms with Crippen molar-refractivity contribution in [2.24, 2.45) is 12.5 Å². The SMILES string of the molecule is CCCC1(C(=O)O)CCN(CCc2nccn2C)CC1. The van der Waals surface area contributed by atoms with E-state index in [9.17, 15) is 9.90 Å². The predicted octanol–water partition coefficient (Wildman–Crippen LogP) is 1.93. The van der Waals surface area contributed by atoms with Crippen LogP contribution >= 0.6 is 0 Å². The fourth-order valence-corrected chi connectivity index (χ4v) is 3.15. The van der Waals surface area contributed by atoms with Gasteiger partial charge in [-0.25, -0.2) is 4.98 Å². The minimum Gasteiger partial charge on any atom is -0.481 e. The summed E-state index contributed by atoms with van der Waals surface area (Å²) < 4.78 is 2.04. The molecule has 0 radical (unpaired) electrons. The van der Waals surface area contributed by atoms with Crippen molar-refractivity contribution in [1.82, 2.24) is 14.5 Å². The molecule has 0 unspecified atom stereocenters. The predicted molar refractivity (Wildman–Crippen MR) is 77.6 cm³/mol. The van der Waals surface area contributed by atoms with Gasteiger partial charge in [0, 0.05) is 32.4 Å². The Morgan fingerprint density at radius 2 is 2.15 bits per heavy atom. The van der Waals surface area contributed by atoms with E-state index in [2.05, 4.69) is 16.8 Å². The van der Waals surface area contributed by atoms with Crippen LogP contribution in [0.25, 0.3) is 0 Å². The minimum atomic E-state index is -0.608. The van der Waals surface area contributed by atoms with E-state index in [1.54, 1.807) is 0 Å². The molecule has 0 amide bonds. The van der Waals surface area contributed by atoms with Crippen LogP contribution in [0.4, 0.5) is 0 Å². The van der Waals surface area contributed by atoms with Crippen LogP contribution in [0.1, 0.15) is 38.4 Å². The van der Waals surface area contributed by atoms with Gasteiger partial charge < -0.3 is 14.6 Å². The van der Waals surface area contributed by atoms with E-state index in [1.807, 2.05) is 24.0 Å². The van der Waals surface area contributed by atoms with Gasteiger partial charge in [0.05, 0.1) is 5.41 Å². The summed E-state index contributed by atoms with van der Waals surface area (Å²) in [6.45, 7) is 4.80. The number of rotatable bonds is 6. The Morgan fingerprint density at radius 3 is 2.65 bits per heavy atom. The van der Waals surface area contributed by atoms with E-state index in [-0.39, 0.29) is 0 Å². The number of carboxylic acids is 1. The molecule has 2 rings (SSSR count). The summed E-state index contributed by atoms with van der Waals surface area (Å²) in [5.41, 5.74) is -0.478. The lowest BCUT2D eigenvalue weighted by atomic mass is 9.75. The number of nitrogens with zero attached hydrogens (tertiary/aromatic N) is 3. The molecule has 0 aromatic carbocycles. The quantitative estimate of drug-likeness (QED) is 0.864. The van der Waals surface area contributed by atoms with Gasteiger partial charge in [-0.2, -0.15) is 0 Å². The summed E-state index contributed by atoms with van der Waals surface area (Å²) in [7, 11) is 2.01. The number of likely N-dealkylation sites (tertiary alicyclic amines) is 1. The number of aryl methyl sites for hydroxylation is 1. The number of aliphatic carboxylic acids is 1. The van der Waals surface area contributed by atoms with Crippen molar-refractivity contribution in [3.05, 3.63) is 18.2 Å². The highest BCUT2D eigenvalue weighted by Crippen LogP contribution is 2.36. The molecule has 20 heavy (non-hydrogen) atoms. The summed E-state index contributed by atoms with van der Waals surface area (Å²) in [5.74, 6) is 0.483. The van der Waals surface area contributed by atoms with Crippen LogP contribution in [0.2, 0.25) is 0 Å². The van der Waals surface area contributed by atoms with Gasteiger partial charge in [-0.05, 0) is 32.4 Å². The Morgan fingerprint density at radius 1 is 1.45 bits per heavy atom. The largest absolute Gasteiger partial charge is 0.481 e. The monoisotopic (exact) mass is 279 g/mol. The van der Waals surface area contributed by atoms with Gasteiger partial charge in [-0.3, -0.25) is 4.79 Å². The summed E-state index contributed by atoms with van der Waals surface area (Å²) >= 11 is 0. The maximum atomic E-state index is 11.5. The number of carboxylic acid groups (broad SMARTS) is 1. The molecule has 0 saturated carbocycles. The van der Waals surface area contributed by atoms with Crippen LogP contribution in [0.3, 0.4) is 0 Å². The fourth-order valence-electron chi connectivity index (χ4n) is 3.15. The molecular weight excluding hydrogens is 254 g/mol. The number of aromatic nitrogens is 2. The molecule has 112 valence electrons. The first-order valence-corrected chi connectivity index (χ1v) is 7.49. The average Bonchev–Trinajstić information content (AvgIpc) is 2.84. The summed E-state index contributed by atoms with van der Waals surface area (Å²) in [6.07, 6.45) is 8.00. The molecule has 5 heteroatoms. The molecular formula is C15H25N3O2. The van der Waals surface area contributed by atoms with Crippen LogP contribution < -0.4 is 0 Å². The van der Waals surface area contributed by atoms with E-state index in [0.717, 1.165) is 57.6 Å². The highest BCUT2D eigenvalue weighted by molar-refractivity contribution is 5.74. The zero-order valence-corrected chi connectivity index (χ0v) is 12.5. The number of hydrogen-bond donors (Lipinski definition) is 1. The van der Waals surface area contributed by atoms with Crippen molar-refractivity contribution in [2.45, 2.75) is 39.0 Å². The minimum absolute atomic E-state index is 0.478. The highest BCUT2D eigenvalue weighted by Gasteiger charge is 2.40. The topological polar surface area (TPSA) is 58.4 Å². The Balaban J connectivity index is 1.84. The average molecular weight is 279 g/mol. The second-order valence-corrected chi connectivity index (χ2v) is 5.88. The standard InChI is InChI=1S/C15H25N3O2/c1-3-5-15(14(19)20)6-10-18(11-7-15)9-4-13-16-8-12-17(13)2/h8,12H,3-7,9-11H2,1-2H3,(H,19,20). The van der Waals surface area contributed by atoms with Gasteiger partial charge >= 0.3 is 5.97 Å². The van der Waals surface area contributed by atoms with Gasteiger partial charge in [0.25, 0.3) is 0 Å². The molecule has 2 heterocycles. The number of hydrogen-bond acceptors (Lipinski definition) is 3. The van der Waals surface area contributed by atoms with Crippen molar-refractivity contribution >= 4 is 5.97 Å². The van der Waals surface area contributed by atoms with Crippen molar-refractivity contribution in [2.75, 3.05) is 19.6 Å². The third-order valence-electron chi connectivity index (χ3n) is 4.57. The molecule has 5 nitrogen and oxygen atoms in total. The molecule has 1 saturated heterocycles. The van der Waals surface area contributed by atoms with E-state index in [1.165, 1.54) is 0 Å². The van der Waals surface area contributed by atoms with Crippen molar-refractivity contribution in [3.8, 4) is 0 Å². The third-order valence-corrected chi connectivity index (χ3v) is 4.57. The zero-order valence-electron chi connectivity index (χ0n) is 12.5. The Labute approximate surface area is 120 Å². The number of piperidine rings is 1. The first-order chi connectivity index (χ1) is 9.57. The number of imidazole rings is 1. The lowest BCUT2D eigenvalue weighted by molar-refractivity contribution is -0.152. The van der Waals surface area contributed by atoms with Crippen molar-refractivity contribution in [3.63, 3.8) is 0 Å². The maximum absolute atomic E-state index is 11.5. The Kier molecular flexibility index (Phi) is 4.81. The lowest BCUT2D eigenvalue weighted by Gasteiger charge is -2.38. The van der Waals surface area contributed by atoms with Crippen molar-refractivity contribution < 1.29 is 9.90 Å². The molecule has 1 fully saturated rings. The molecule has 1 N–H and O–H groups in total. The first kappa shape index (κ1) is 15.0. The van der Waals surface area contributed by atoms with Crippen LogP contribution in [0, 0.1) is 5.41 Å². The molecule has 0 aliphatic carbocycles. The summed E-state index contributed by atoms with van der Waals surface area (Å²) in [5, 5.41) is 9.49. The van der Waals surface area contributed by atoms with Gasteiger partial charge in [0.1, 0.15) is 5.82 Å². The summed E-state index contributed by atoms with van der Waals surface area (Å²) in [4.78, 5) is 18.2. The van der Waals surface area contributed by atoms with Crippen LogP contribution in [0.15, 0.2) is 12.4 Å². The molecule has 1 aromatic heterocycles. The molecule has 1 aliphatic heterocycles.